The van der Waals surface area contributed by atoms with Crippen molar-refractivity contribution in [2.45, 2.75) is 115 Å². The number of thioether (sulfide) groups is 2. The van der Waals surface area contributed by atoms with Crippen molar-refractivity contribution in [3.8, 4) is 0 Å². The summed E-state index contributed by atoms with van der Waals surface area (Å²) >= 11 is 1.91. The molecular formula is C32H48N2O18S3. The molecule has 0 bridgehead atoms. The molecule has 0 saturated carbocycles. The molecule has 20 nitrogen and oxygen atoms in total. The normalized spacial score (nSPS) is 27.7. The van der Waals surface area contributed by atoms with E-state index in [1.54, 1.807) is 0 Å². The fraction of sp³-hybridized carbons (Fsp3) is 0.750. The topological polar surface area (TPSA) is 269 Å². The van der Waals surface area contributed by atoms with Crippen molar-refractivity contribution in [2.75, 3.05) is 36.2 Å². The van der Waals surface area contributed by atoms with E-state index in [-0.39, 0.29) is 11.5 Å². The van der Waals surface area contributed by atoms with Crippen LogP contribution in [0.25, 0.3) is 0 Å². The summed E-state index contributed by atoms with van der Waals surface area (Å²) in [7, 11) is -3.83. The van der Waals surface area contributed by atoms with Crippen LogP contribution in [0.5, 0.6) is 0 Å². The van der Waals surface area contributed by atoms with Crippen molar-refractivity contribution in [2.24, 2.45) is 0 Å². The number of hydrogen-bond acceptors (Lipinski definition) is 20. The highest BCUT2D eigenvalue weighted by Crippen LogP contribution is 2.34. The Morgan fingerprint density at radius 3 is 1.09 bits per heavy atom. The molecular weight excluding hydrogens is 797 g/mol. The second-order valence-corrected chi connectivity index (χ2v) is 17.0. The van der Waals surface area contributed by atoms with Crippen molar-refractivity contribution in [1.82, 2.24) is 10.6 Å². The first-order valence-corrected chi connectivity index (χ1v) is 20.8. The average molecular weight is 845 g/mol. The zero-order valence-electron chi connectivity index (χ0n) is 31.6. The largest absolute Gasteiger partial charge is 0.463 e. The van der Waals surface area contributed by atoms with Gasteiger partial charge in [0.25, 0.3) is 0 Å². The molecule has 2 amide bonds. The summed E-state index contributed by atoms with van der Waals surface area (Å²) < 4.78 is 70.5. The number of amides is 2. The minimum absolute atomic E-state index is 0.101. The molecule has 2 fully saturated rings. The highest BCUT2D eigenvalue weighted by molar-refractivity contribution is 8.02. The lowest BCUT2D eigenvalue weighted by Crippen LogP contribution is -2.65. The Morgan fingerprint density at radius 2 is 0.818 bits per heavy atom. The number of sulfone groups is 1. The van der Waals surface area contributed by atoms with Gasteiger partial charge in [0.2, 0.25) is 11.8 Å². The molecule has 2 N–H and O–H groups in total. The fourth-order valence-corrected chi connectivity index (χ4v) is 10.3. The van der Waals surface area contributed by atoms with Gasteiger partial charge in [-0.05, 0) is 0 Å². The molecule has 0 aliphatic carbocycles. The Balaban J connectivity index is 2.25. The standard InChI is InChI=1S/C32H48N2O18S3/c1-15(35)33-25-29(49-21(7)41)27(47-19(5)39)23(13-45-17(3)37)51-31(25)53-9-11-55(43,44)12-10-54-32-26(34-16(2)36)30(50-22(8)42)28(48-20(6)40)24(52-32)14-46-18(4)38/h23-32H,9-14H2,1-8H3,(H,33,35)(H,34,36)/t23-,24-,25-,26-,27-,28-,29-,30-,31+,32+/m1/s1. The van der Waals surface area contributed by atoms with E-state index >= 15 is 0 Å². The first-order chi connectivity index (χ1) is 25.6. The Bertz CT molecular complexity index is 1420. The molecule has 0 aromatic rings. The van der Waals surface area contributed by atoms with Gasteiger partial charge in [0, 0.05) is 66.9 Å². The minimum atomic E-state index is -3.83. The van der Waals surface area contributed by atoms with Crippen molar-refractivity contribution >= 4 is 81.0 Å². The SMILES string of the molecule is CC(=O)N[C@@H]1[C@@H](OC(C)=O)[C@H](OC(C)=O)[C@@H](COC(C)=O)O[C@H]1SCCS(=O)(=O)CCS[C@@H]1O[C@H](COC(C)=O)[C@@H](OC(C)=O)[C@H](OC(C)=O)[C@H]1NC(C)=O. The zero-order valence-corrected chi connectivity index (χ0v) is 34.0. The number of carbonyl (C=O) groups is 8. The molecule has 55 heavy (non-hydrogen) atoms. The summed E-state index contributed by atoms with van der Waals surface area (Å²) in [4.78, 5) is 95.8. The first kappa shape index (κ1) is 47.5. The van der Waals surface area contributed by atoms with Gasteiger partial charge in [-0.1, -0.05) is 0 Å². The van der Waals surface area contributed by atoms with Gasteiger partial charge in [0.1, 0.15) is 48.4 Å². The molecule has 2 aliphatic rings. The average Bonchev–Trinajstić information content (AvgIpc) is 3.03. The van der Waals surface area contributed by atoms with Crippen LogP contribution in [-0.4, -0.2) is 152 Å². The van der Waals surface area contributed by atoms with Crippen LogP contribution in [0.3, 0.4) is 0 Å². The van der Waals surface area contributed by atoms with Crippen LogP contribution in [0.1, 0.15) is 55.4 Å². The van der Waals surface area contributed by atoms with E-state index in [0.29, 0.717) is 0 Å². The van der Waals surface area contributed by atoms with E-state index in [4.69, 9.17) is 37.9 Å². The molecule has 0 aromatic carbocycles. The molecule has 312 valence electrons. The summed E-state index contributed by atoms with van der Waals surface area (Å²) in [5, 5.41) is 5.23. The molecule has 2 aliphatic heterocycles. The monoisotopic (exact) mass is 844 g/mol. The maximum absolute atomic E-state index is 13.3. The lowest BCUT2D eigenvalue weighted by Gasteiger charge is -2.45. The lowest BCUT2D eigenvalue weighted by atomic mass is 9.97. The zero-order chi connectivity index (χ0) is 41.6. The van der Waals surface area contributed by atoms with Gasteiger partial charge in [-0.3, -0.25) is 38.4 Å². The molecule has 10 atom stereocenters. The van der Waals surface area contributed by atoms with Crippen molar-refractivity contribution in [3.05, 3.63) is 0 Å². The Morgan fingerprint density at radius 1 is 0.509 bits per heavy atom. The molecule has 0 radical (unpaired) electrons. The fourth-order valence-electron chi connectivity index (χ4n) is 5.55. The number of hydrogen-bond donors (Lipinski definition) is 2. The van der Waals surface area contributed by atoms with Crippen LogP contribution in [0.4, 0.5) is 0 Å². The van der Waals surface area contributed by atoms with Gasteiger partial charge in [0.05, 0.1) is 11.5 Å². The maximum Gasteiger partial charge on any atom is 0.303 e. The molecule has 0 spiro atoms. The van der Waals surface area contributed by atoms with Crippen molar-refractivity contribution in [1.29, 1.82) is 0 Å². The third-order valence-corrected chi connectivity index (χ3v) is 12.0. The van der Waals surface area contributed by atoms with Crippen LogP contribution in [0.2, 0.25) is 0 Å². The predicted molar refractivity (Wildman–Crippen MR) is 192 cm³/mol. The summed E-state index contributed by atoms with van der Waals surface area (Å²) in [5.41, 5.74) is -2.14. The van der Waals surface area contributed by atoms with Gasteiger partial charge in [-0.25, -0.2) is 8.42 Å². The van der Waals surface area contributed by atoms with Crippen LogP contribution in [-0.2, 0) is 86.1 Å². The summed E-state index contributed by atoms with van der Waals surface area (Å²) in [6.07, 6.45) is -7.56. The van der Waals surface area contributed by atoms with Crippen LogP contribution in [0.15, 0.2) is 0 Å². The second kappa shape index (κ2) is 22.2. The van der Waals surface area contributed by atoms with Gasteiger partial charge < -0.3 is 48.5 Å². The van der Waals surface area contributed by atoms with Crippen LogP contribution >= 0.6 is 23.5 Å². The summed E-state index contributed by atoms with van der Waals surface area (Å²) in [6, 6.07) is -2.25. The summed E-state index contributed by atoms with van der Waals surface area (Å²) in [5.74, 6) is -6.62. The van der Waals surface area contributed by atoms with Gasteiger partial charge in [-0.15, -0.1) is 23.5 Å². The highest BCUT2D eigenvalue weighted by Gasteiger charge is 2.52. The van der Waals surface area contributed by atoms with Crippen molar-refractivity contribution < 1.29 is 84.7 Å². The molecule has 2 saturated heterocycles. The molecule has 0 aromatic heterocycles. The molecule has 0 unspecified atom stereocenters. The smallest absolute Gasteiger partial charge is 0.303 e. The van der Waals surface area contributed by atoms with E-state index in [0.717, 1.165) is 65.1 Å². The van der Waals surface area contributed by atoms with Crippen LogP contribution in [0, 0.1) is 0 Å². The molecule has 23 heteroatoms. The van der Waals surface area contributed by atoms with Gasteiger partial charge in [0.15, 0.2) is 34.3 Å². The van der Waals surface area contributed by atoms with Gasteiger partial charge in [-0.2, -0.15) is 0 Å². The Hall–Kier alpha value is -3.67. The third kappa shape index (κ3) is 16.5. The van der Waals surface area contributed by atoms with E-state index in [9.17, 15) is 46.8 Å². The number of esters is 6. The summed E-state index contributed by atoms with van der Waals surface area (Å²) in [6.45, 7) is 8.23. The predicted octanol–water partition coefficient (Wildman–Crippen LogP) is -0.820. The molecule has 2 rings (SSSR count). The van der Waals surface area contributed by atoms with Crippen molar-refractivity contribution in [3.63, 3.8) is 0 Å². The van der Waals surface area contributed by atoms with E-state index in [1.807, 2.05) is 0 Å². The second-order valence-electron chi connectivity index (χ2n) is 12.3. The minimum Gasteiger partial charge on any atom is -0.463 e. The first-order valence-electron chi connectivity index (χ1n) is 16.8. The van der Waals surface area contributed by atoms with E-state index in [2.05, 4.69) is 10.6 Å². The third-order valence-electron chi connectivity index (χ3n) is 7.50. The maximum atomic E-state index is 13.3. The van der Waals surface area contributed by atoms with E-state index < -0.39 is 142 Å². The highest BCUT2D eigenvalue weighted by atomic mass is 32.2. The number of nitrogens with one attached hydrogen (secondary N) is 2. The van der Waals surface area contributed by atoms with Crippen LogP contribution < -0.4 is 10.6 Å². The molecule has 2 heterocycles. The Labute approximate surface area is 326 Å². The number of ether oxygens (including phenoxy) is 8. The number of rotatable bonds is 18. The number of carbonyl (C=O) groups excluding carboxylic acids is 8. The van der Waals surface area contributed by atoms with E-state index in [1.165, 1.54) is 13.8 Å². The van der Waals surface area contributed by atoms with Gasteiger partial charge >= 0.3 is 35.8 Å². The Kier molecular flexibility index (Phi) is 19.1. The quantitative estimate of drug-likeness (QED) is 0.126. The lowest BCUT2D eigenvalue weighted by molar-refractivity contribution is -0.211.